The molecule has 0 aliphatic rings. The number of nitro groups is 1. The average molecular weight is 269 g/mol. The predicted octanol–water partition coefficient (Wildman–Crippen LogP) is 2.25. The normalized spacial score (nSPS) is 10.6. The summed E-state index contributed by atoms with van der Waals surface area (Å²) in [5.41, 5.74) is 1.53. The van der Waals surface area contributed by atoms with Crippen LogP contribution in [0.15, 0.2) is 48.9 Å². The minimum absolute atomic E-state index is 0.0976. The van der Waals surface area contributed by atoms with Crippen molar-refractivity contribution in [2.45, 2.75) is 6.54 Å². The number of para-hydroxylation sites is 1. The van der Waals surface area contributed by atoms with E-state index < -0.39 is 0 Å². The highest BCUT2D eigenvalue weighted by Gasteiger charge is 2.12. The third kappa shape index (κ3) is 2.16. The molecule has 100 valence electrons. The topological polar surface area (TPSA) is 85.4 Å². The van der Waals surface area contributed by atoms with Gasteiger partial charge in [-0.15, -0.1) is 0 Å². The smallest absolute Gasteiger partial charge is 0.274 e. The molecule has 2 heterocycles. The fourth-order valence-corrected chi connectivity index (χ4v) is 2.01. The van der Waals surface area contributed by atoms with E-state index >= 15 is 0 Å². The molecule has 0 unspecified atom stereocenters. The highest BCUT2D eigenvalue weighted by atomic mass is 16.6. The maximum atomic E-state index is 11.0. The van der Waals surface area contributed by atoms with Crippen molar-refractivity contribution in [3.05, 3.63) is 64.6 Å². The zero-order valence-electron chi connectivity index (χ0n) is 10.4. The quantitative estimate of drug-likeness (QED) is 0.580. The molecule has 0 amide bonds. The molecule has 0 atom stereocenters. The van der Waals surface area contributed by atoms with Crippen LogP contribution < -0.4 is 5.32 Å². The fraction of sp³-hybridized carbons (Fsp3) is 0.0769. The Morgan fingerprint density at radius 3 is 2.95 bits per heavy atom. The first-order chi connectivity index (χ1) is 9.75. The Morgan fingerprint density at radius 2 is 2.10 bits per heavy atom. The number of rotatable bonds is 4. The lowest BCUT2D eigenvalue weighted by atomic mass is 10.2. The van der Waals surface area contributed by atoms with Crippen LogP contribution in [0, 0.1) is 10.1 Å². The van der Waals surface area contributed by atoms with Crippen LogP contribution in [0.4, 0.5) is 11.5 Å². The summed E-state index contributed by atoms with van der Waals surface area (Å²) in [6.45, 7) is 0.328. The third-order valence-electron chi connectivity index (χ3n) is 2.96. The second kappa shape index (κ2) is 4.96. The van der Waals surface area contributed by atoms with Crippen molar-refractivity contribution in [3.63, 3.8) is 0 Å². The number of benzene rings is 1. The monoisotopic (exact) mass is 269 g/mol. The first kappa shape index (κ1) is 12.1. The van der Waals surface area contributed by atoms with E-state index in [2.05, 4.69) is 15.4 Å². The van der Waals surface area contributed by atoms with Gasteiger partial charge in [-0.25, -0.2) is 9.50 Å². The maximum Gasteiger partial charge on any atom is 0.274 e. The first-order valence-electron chi connectivity index (χ1n) is 6.00. The molecule has 0 fully saturated rings. The van der Waals surface area contributed by atoms with E-state index in [4.69, 9.17) is 0 Å². The molecule has 0 aliphatic carbocycles. The van der Waals surface area contributed by atoms with Crippen LogP contribution in [0.25, 0.3) is 5.52 Å². The van der Waals surface area contributed by atoms with Gasteiger partial charge in [0.2, 0.25) is 0 Å². The fourth-order valence-electron chi connectivity index (χ4n) is 2.01. The molecule has 0 saturated carbocycles. The Bertz CT molecular complexity index is 768. The largest absolute Gasteiger partial charge is 0.364 e. The number of nitro benzene ring substituents is 1. The van der Waals surface area contributed by atoms with E-state index in [-0.39, 0.29) is 10.6 Å². The second-order valence-corrected chi connectivity index (χ2v) is 4.18. The van der Waals surface area contributed by atoms with Gasteiger partial charge in [-0.1, -0.05) is 18.2 Å². The van der Waals surface area contributed by atoms with Crippen molar-refractivity contribution in [1.29, 1.82) is 0 Å². The molecule has 3 aromatic rings. The van der Waals surface area contributed by atoms with Crippen molar-refractivity contribution in [1.82, 2.24) is 14.6 Å². The van der Waals surface area contributed by atoms with E-state index in [1.165, 1.54) is 6.07 Å². The van der Waals surface area contributed by atoms with Gasteiger partial charge >= 0.3 is 0 Å². The average Bonchev–Trinajstić information content (AvgIpc) is 2.94. The lowest BCUT2D eigenvalue weighted by molar-refractivity contribution is -0.385. The van der Waals surface area contributed by atoms with Crippen molar-refractivity contribution in [2.24, 2.45) is 0 Å². The third-order valence-corrected chi connectivity index (χ3v) is 2.96. The van der Waals surface area contributed by atoms with Crippen molar-refractivity contribution >= 4 is 17.0 Å². The van der Waals surface area contributed by atoms with Crippen LogP contribution in [0.5, 0.6) is 0 Å². The molecule has 1 aromatic carbocycles. The Balaban J connectivity index is 1.87. The number of aromatic nitrogens is 3. The lowest BCUT2D eigenvalue weighted by Crippen LogP contribution is -2.05. The van der Waals surface area contributed by atoms with Gasteiger partial charge in [0.25, 0.3) is 5.69 Å². The second-order valence-electron chi connectivity index (χ2n) is 4.18. The molecule has 7 nitrogen and oxygen atoms in total. The molecular formula is C13H11N5O2. The highest BCUT2D eigenvalue weighted by Crippen LogP contribution is 2.20. The van der Waals surface area contributed by atoms with Crippen LogP contribution in [-0.2, 0) is 6.54 Å². The minimum atomic E-state index is -0.385. The summed E-state index contributed by atoms with van der Waals surface area (Å²) in [5, 5.41) is 18.2. The minimum Gasteiger partial charge on any atom is -0.364 e. The number of nitrogens with zero attached hydrogens (tertiary/aromatic N) is 4. The van der Waals surface area contributed by atoms with Gasteiger partial charge in [0.05, 0.1) is 11.1 Å². The first-order valence-corrected chi connectivity index (χ1v) is 6.00. The molecule has 7 heteroatoms. The molecular weight excluding hydrogens is 258 g/mol. The standard InChI is InChI=1S/C13H11N5O2/c19-18(20)11-4-2-1-3-10(11)9-15-13-12-5-6-16-17(12)8-7-14-13/h1-8H,9H2,(H,14,15). The maximum absolute atomic E-state index is 11.0. The summed E-state index contributed by atoms with van der Waals surface area (Å²) in [4.78, 5) is 14.8. The van der Waals surface area contributed by atoms with Gasteiger partial charge in [-0.2, -0.15) is 5.10 Å². The van der Waals surface area contributed by atoms with Gasteiger partial charge in [-0.3, -0.25) is 10.1 Å². The molecule has 20 heavy (non-hydrogen) atoms. The summed E-state index contributed by atoms with van der Waals surface area (Å²) < 4.78 is 1.69. The molecule has 0 saturated heterocycles. The Labute approximate surface area is 114 Å². The zero-order valence-corrected chi connectivity index (χ0v) is 10.4. The van der Waals surface area contributed by atoms with Gasteiger partial charge in [0.1, 0.15) is 5.52 Å². The summed E-state index contributed by atoms with van der Waals surface area (Å²) in [5.74, 6) is 0.642. The molecule has 0 radical (unpaired) electrons. The molecule has 3 rings (SSSR count). The van der Waals surface area contributed by atoms with Crippen LogP contribution in [0.2, 0.25) is 0 Å². The number of hydrogen-bond donors (Lipinski definition) is 1. The SMILES string of the molecule is O=[N+]([O-])c1ccccc1CNc1nccn2nccc12. The van der Waals surface area contributed by atoms with Crippen LogP contribution in [0.1, 0.15) is 5.56 Å². The van der Waals surface area contributed by atoms with E-state index in [0.717, 1.165) is 5.52 Å². The Hall–Kier alpha value is -2.96. The summed E-state index contributed by atoms with van der Waals surface area (Å²) in [7, 11) is 0. The molecule has 1 N–H and O–H groups in total. The number of hydrogen-bond acceptors (Lipinski definition) is 5. The Kier molecular flexibility index (Phi) is 3.00. The van der Waals surface area contributed by atoms with Gasteiger partial charge in [0, 0.05) is 30.6 Å². The lowest BCUT2D eigenvalue weighted by Gasteiger charge is -2.07. The van der Waals surface area contributed by atoms with E-state index in [9.17, 15) is 10.1 Å². The Morgan fingerprint density at radius 1 is 1.25 bits per heavy atom. The summed E-state index contributed by atoms with van der Waals surface area (Å²) in [6.07, 6.45) is 5.04. The van der Waals surface area contributed by atoms with Crippen LogP contribution in [-0.4, -0.2) is 19.5 Å². The summed E-state index contributed by atoms with van der Waals surface area (Å²) >= 11 is 0. The van der Waals surface area contributed by atoms with Crippen molar-refractivity contribution in [3.8, 4) is 0 Å². The van der Waals surface area contributed by atoms with Crippen LogP contribution in [0.3, 0.4) is 0 Å². The van der Waals surface area contributed by atoms with Gasteiger partial charge in [-0.05, 0) is 6.07 Å². The number of anilines is 1. The predicted molar refractivity (Wildman–Crippen MR) is 73.4 cm³/mol. The van der Waals surface area contributed by atoms with Crippen molar-refractivity contribution in [2.75, 3.05) is 5.32 Å². The number of nitrogens with one attached hydrogen (secondary N) is 1. The zero-order chi connectivity index (χ0) is 13.9. The van der Waals surface area contributed by atoms with E-state index in [0.29, 0.717) is 17.9 Å². The van der Waals surface area contributed by atoms with E-state index in [1.807, 2.05) is 6.07 Å². The highest BCUT2D eigenvalue weighted by molar-refractivity contribution is 5.67. The van der Waals surface area contributed by atoms with Crippen molar-refractivity contribution < 1.29 is 4.92 Å². The number of fused-ring (bicyclic) bond motifs is 1. The summed E-state index contributed by atoms with van der Waals surface area (Å²) in [6, 6.07) is 8.47. The van der Waals surface area contributed by atoms with E-state index in [1.54, 1.807) is 41.3 Å². The van der Waals surface area contributed by atoms with Gasteiger partial charge < -0.3 is 5.32 Å². The van der Waals surface area contributed by atoms with Crippen LogP contribution >= 0.6 is 0 Å². The van der Waals surface area contributed by atoms with Gasteiger partial charge in [0.15, 0.2) is 5.82 Å². The molecule has 2 aromatic heterocycles. The molecule has 0 aliphatic heterocycles. The molecule has 0 bridgehead atoms. The molecule has 0 spiro atoms.